The van der Waals surface area contributed by atoms with E-state index < -0.39 is 0 Å². The molecule has 4 N–H and O–H groups in total. The van der Waals surface area contributed by atoms with Gasteiger partial charge in [-0.05, 0) is 24.2 Å². The lowest BCUT2D eigenvalue weighted by Crippen LogP contribution is -2.23. The highest BCUT2D eigenvalue weighted by Crippen LogP contribution is 2.10. The van der Waals surface area contributed by atoms with E-state index in [9.17, 15) is 9.59 Å². The van der Waals surface area contributed by atoms with Crippen LogP contribution in [-0.4, -0.2) is 30.4 Å². The fourth-order valence-electron chi connectivity index (χ4n) is 1.89. The summed E-state index contributed by atoms with van der Waals surface area (Å²) in [5.74, 6) is -0.385. The van der Waals surface area contributed by atoms with Crippen LogP contribution >= 0.6 is 23.7 Å². The lowest BCUT2D eigenvalue weighted by atomic mass is 10.1. The number of rotatable bonds is 6. The van der Waals surface area contributed by atoms with Crippen molar-refractivity contribution in [1.82, 2.24) is 15.6 Å². The van der Waals surface area contributed by atoms with Gasteiger partial charge in [0.25, 0.3) is 11.8 Å². The van der Waals surface area contributed by atoms with Crippen LogP contribution < -0.4 is 16.4 Å². The average Bonchev–Trinajstić information content (AvgIpc) is 3.01. The number of nitrogens with one attached hydrogen (secondary N) is 2. The van der Waals surface area contributed by atoms with Crippen LogP contribution in [0.15, 0.2) is 29.6 Å². The van der Waals surface area contributed by atoms with E-state index in [1.807, 2.05) is 6.07 Å². The van der Waals surface area contributed by atoms with Crippen molar-refractivity contribution < 1.29 is 9.59 Å². The van der Waals surface area contributed by atoms with Gasteiger partial charge in [0.15, 0.2) is 0 Å². The topological polar surface area (TPSA) is 97.1 Å². The van der Waals surface area contributed by atoms with E-state index in [-0.39, 0.29) is 24.2 Å². The van der Waals surface area contributed by atoms with E-state index in [4.69, 9.17) is 5.73 Å². The molecule has 0 radical (unpaired) electrons. The number of nitrogens with zero attached hydrogens (tertiary/aromatic N) is 1. The molecule has 0 aliphatic carbocycles. The molecule has 1 aromatic heterocycles. The van der Waals surface area contributed by atoms with Gasteiger partial charge in [0.2, 0.25) is 0 Å². The summed E-state index contributed by atoms with van der Waals surface area (Å²) in [7, 11) is 1.58. The molecule has 0 saturated carbocycles. The third-order valence-corrected chi connectivity index (χ3v) is 3.92. The quantitative estimate of drug-likeness (QED) is 0.729. The summed E-state index contributed by atoms with van der Waals surface area (Å²) in [6, 6.07) is 7.12. The lowest BCUT2D eigenvalue weighted by Gasteiger charge is -2.06. The summed E-state index contributed by atoms with van der Waals surface area (Å²) >= 11 is 1.43. The molecule has 0 atom stereocenters. The van der Waals surface area contributed by atoms with Crippen molar-refractivity contribution in [3.8, 4) is 0 Å². The standard InChI is InChI=1S/C15H18N4O2S.ClH/c1-17-14(20)11-4-2-3-10(7-11)8-18-15(21)12-9-22-13(19-12)5-6-16;/h2-4,7,9H,5-6,8,16H2,1H3,(H,17,20)(H,18,21);1H. The zero-order valence-electron chi connectivity index (χ0n) is 12.7. The van der Waals surface area contributed by atoms with Crippen LogP contribution in [0.4, 0.5) is 0 Å². The second-order valence-corrected chi connectivity index (χ2v) is 5.57. The number of thiazole rings is 1. The van der Waals surface area contributed by atoms with Gasteiger partial charge in [-0.25, -0.2) is 4.98 Å². The van der Waals surface area contributed by atoms with Crippen LogP contribution in [0.25, 0.3) is 0 Å². The highest BCUT2D eigenvalue weighted by Gasteiger charge is 2.10. The van der Waals surface area contributed by atoms with E-state index in [1.165, 1.54) is 11.3 Å². The van der Waals surface area contributed by atoms with Crippen LogP contribution in [0.2, 0.25) is 0 Å². The SMILES string of the molecule is CNC(=O)c1cccc(CNC(=O)c2csc(CCN)n2)c1.Cl. The first-order valence-electron chi connectivity index (χ1n) is 6.87. The van der Waals surface area contributed by atoms with Crippen LogP contribution in [-0.2, 0) is 13.0 Å². The molecule has 0 spiro atoms. The number of hydrogen-bond donors (Lipinski definition) is 3. The molecule has 6 nitrogen and oxygen atoms in total. The second kappa shape index (κ2) is 9.24. The van der Waals surface area contributed by atoms with Crippen molar-refractivity contribution in [3.05, 3.63) is 51.5 Å². The Morgan fingerprint density at radius 3 is 2.78 bits per heavy atom. The van der Waals surface area contributed by atoms with Gasteiger partial charge in [0, 0.05) is 31.0 Å². The third-order valence-electron chi connectivity index (χ3n) is 3.01. The fraction of sp³-hybridized carbons (Fsp3) is 0.267. The maximum atomic E-state index is 12.0. The van der Waals surface area contributed by atoms with Crippen LogP contribution in [0.5, 0.6) is 0 Å². The molecular formula is C15H19ClN4O2S. The van der Waals surface area contributed by atoms with Crippen molar-refractivity contribution in [2.45, 2.75) is 13.0 Å². The molecule has 0 aliphatic rings. The first kappa shape index (κ1) is 19.1. The molecule has 2 rings (SSSR count). The van der Waals surface area contributed by atoms with Gasteiger partial charge in [-0.3, -0.25) is 9.59 Å². The minimum atomic E-state index is -0.232. The van der Waals surface area contributed by atoms with E-state index in [1.54, 1.807) is 30.6 Å². The molecule has 124 valence electrons. The first-order chi connectivity index (χ1) is 10.6. The second-order valence-electron chi connectivity index (χ2n) is 4.63. The highest BCUT2D eigenvalue weighted by molar-refractivity contribution is 7.09. The number of carbonyl (C=O) groups is 2. The summed E-state index contributed by atoms with van der Waals surface area (Å²) in [4.78, 5) is 27.8. The monoisotopic (exact) mass is 354 g/mol. The van der Waals surface area contributed by atoms with E-state index >= 15 is 0 Å². The van der Waals surface area contributed by atoms with Gasteiger partial charge < -0.3 is 16.4 Å². The number of amides is 2. The van der Waals surface area contributed by atoms with Crippen molar-refractivity contribution in [3.63, 3.8) is 0 Å². The van der Waals surface area contributed by atoms with Gasteiger partial charge in [-0.15, -0.1) is 23.7 Å². The molecule has 8 heteroatoms. The average molecular weight is 355 g/mol. The number of nitrogens with two attached hydrogens (primary N) is 1. The Labute approximate surface area is 144 Å². The summed E-state index contributed by atoms with van der Waals surface area (Å²) in [5, 5.41) is 7.95. The van der Waals surface area contributed by atoms with Crippen LogP contribution in [0.1, 0.15) is 31.4 Å². The van der Waals surface area contributed by atoms with Gasteiger partial charge in [0.1, 0.15) is 5.69 Å². The van der Waals surface area contributed by atoms with Gasteiger partial charge in [-0.1, -0.05) is 12.1 Å². The zero-order valence-corrected chi connectivity index (χ0v) is 14.3. The predicted molar refractivity (Wildman–Crippen MR) is 93.1 cm³/mol. The Morgan fingerprint density at radius 2 is 2.09 bits per heavy atom. The summed E-state index contributed by atoms with van der Waals surface area (Å²) in [5.41, 5.74) is 7.28. The Kier molecular flexibility index (Phi) is 7.67. The molecule has 2 amide bonds. The minimum absolute atomic E-state index is 0. The third kappa shape index (κ3) is 5.31. The van der Waals surface area contributed by atoms with Gasteiger partial charge in [0.05, 0.1) is 5.01 Å². The van der Waals surface area contributed by atoms with E-state index in [0.29, 0.717) is 30.8 Å². The largest absolute Gasteiger partial charge is 0.355 e. The minimum Gasteiger partial charge on any atom is -0.355 e. The summed E-state index contributed by atoms with van der Waals surface area (Å²) in [6.45, 7) is 0.855. The Balaban J connectivity index is 0.00000264. The maximum absolute atomic E-state index is 12.0. The zero-order chi connectivity index (χ0) is 15.9. The lowest BCUT2D eigenvalue weighted by molar-refractivity contribution is 0.0944. The molecular weight excluding hydrogens is 336 g/mol. The number of halogens is 1. The summed E-state index contributed by atoms with van der Waals surface area (Å²) in [6.07, 6.45) is 0.673. The van der Waals surface area contributed by atoms with Crippen molar-refractivity contribution in [1.29, 1.82) is 0 Å². The Hall–Kier alpha value is -1.96. The van der Waals surface area contributed by atoms with Crippen molar-refractivity contribution in [2.24, 2.45) is 5.73 Å². The molecule has 1 heterocycles. The Bertz CT molecular complexity index is 675. The van der Waals surface area contributed by atoms with Crippen molar-refractivity contribution >= 4 is 35.6 Å². The van der Waals surface area contributed by atoms with E-state index in [0.717, 1.165) is 10.6 Å². The molecule has 1 aromatic carbocycles. The molecule has 0 unspecified atom stereocenters. The molecule has 0 saturated heterocycles. The molecule has 2 aromatic rings. The molecule has 0 aliphatic heterocycles. The fourth-order valence-corrected chi connectivity index (χ4v) is 2.69. The smallest absolute Gasteiger partial charge is 0.271 e. The predicted octanol–water partition coefficient (Wildman–Crippen LogP) is 1.36. The molecule has 0 fully saturated rings. The number of hydrogen-bond acceptors (Lipinski definition) is 5. The van der Waals surface area contributed by atoms with Crippen LogP contribution in [0, 0.1) is 0 Å². The van der Waals surface area contributed by atoms with Crippen LogP contribution in [0.3, 0.4) is 0 Å². The highest BCUT2D eigenvalue weighted by atomic mass is 35.5. The first-order valence-corrected chi connectivity index (χ1v) is 7.75. The maximum Gasteiger partial charge on any atom is 0.271 e. The Morgan fingerprint density at radius 1 is 1.30 bits per heavy atom. The van der Waals surface area contributed by atoms with Gasteiger partial charge in [-0.2, -0.15) is 0 Å². The number of carbonyl (C=O) groups excluding carboxylic acids is 2. The summed E-state index contributed by atoms with van der Waals surface area (Å²) < 4.78 is 0. The number of aromatic nitrogens is 1. The number of benzene rings is 1. The van der Waals surface area contributed by atoms with Gasteiger partial charge >= 0.3 is 0 Å². The van der Waals surface area contributed by atoms with E-state index in [2.05, 4.69) is 15.6 Å². The normalized spacial score (nSPS) is 9.83. The molecule has 0 bridgehead atoms. The molecule has 23 heavy (non-hydrogen) atoms. The van der Waals surface area contributed by atoms with Crippen molar-refractivity contribution in [2.75, 3.05) is 13.6 Å².